The Hall–Kier alpha value is -1.01. The highest BCUT2D eigenvalue weighted by molar-refractivity contribution is 7.91. The Morgan fingerprint density at radius 1 is 1.47 bits per heavy atom. The molecule has 1 rings (SSSR count). The van der Waals surface area contributed by atoms with Crippen LogP contribution in [0.1, 0.15) is 18.5 Å². The van der Waals surface area contributed by atoms with Crippen LogP contribution in [0.2, 0.25) is 0 Å². The van der Waals surface area contributed by atoms with Gasteiger partial charge in [-0.05, 0) is 18.6 Å². The van der Waals surface area contributed by atoms with Crippen molar-refractivity contribution in [3.8, 4) is 0 Å². The van der Waals surface area contributed by atoms with Crippen LogP contribution in [-0.2, 0) is 9.84 Å². The Balaban J connectivity index is 3.00. The van der Waals surface area contributed by atoms with Gasteiger partial charge in [-0.3, -0.25) is 4.98 Å². The topological polar surface area (TPSA) is 73.0 Å². The maximum absolute atomic E-state index is 12.8. The van der Waals surface area contributed by atoms with Crippen molar-refractivity contribution in [1.29, 1.82) is 0 Å². The standard InChI is InChI=1S/C9H13FN2O2S/c1-6(15(2,13)14)9(11)7-3-8(10)5-12-4-7/h3-6,9H,11H2,1-2H3. The Labute approximate surface area is 88.2 Å². The molecule has 4 nitrogen and oxygen atoms in total. The SMILES string of the molecule is CC(C(N)c1cncc(F)c1)S(C)(=O)=O. The second-order valence-electron chi connectivity index (χ2n) is 3.50. The molecule has 2 unspecified atom stereocenters. The highest BCUT2D eigenvalue weighted by atomic mass is 32.2. The molecule has 84 valence electrons. The fraction of sp³-hybridized carbons (Fsp3) is 0.444. The minimum Gasteiger partial charge on any atom is -0.323 e. The van der Waals surface area contributed by atoms with E-state index in [0.29, 0.717) is 5.56 Å². The number of rotatable bonds is 3. The zero-order valence-corrected chi connectivity index (χ0v) is 9.33. The van der Waals surface area contributed by atoms with E-state index in [1.54, 1.807) is 0 Å². The van der Waals surface area contributed by atoms with Crippen LogP contribution in [0.5, 0.6) is 0 Å². The molecule has 15 heavy (non-hydrogen) atoms. The van der Waals surface area contributed by atoms with Gasteiger partial charge in [0.1, 0.15) is 5.82 Å². The van der Waals surface area contributed by atoms with Crippen molar-refractivity contribution >= 4 is 9.84 Å². The first-order chi connectivity index (χ1) is 6.82. The molecule has 1 aromatic heterocycles. The summed E-state index contributed by atoms with van der Waals surface area (Å²) in [5.41, 5.74) is 6.09. The third-order valence-electron chi connectivity index (χ3n) is 2.29. The lowest BCUT2D eigenvalue weighted by Crippen LogP contribution is -2.30. The molecule has 2 N–H and O–H groups in total. The molecular weight excluding hydrogens is 219 g/mol. The van der Waals surface area contributed by atoms with Gasteiger partial charge in [-0.15, -0.1) is 0 Å². The van der Waals surface area contributed by atoms with E-state index >= 15 is 0 Å². The summed E-state index contributed by atoms with van der Waals surface area (Å²) in [6, 6.07) is 0.433. The van der Waals surface area contributed by atoms with Crippen LogP contribution in [0.4, 0.5) is 4.39 Å². The van der Waals surface area contributed by atoms with E-state index < -0.39 is 26.9 Å². The molecule has 6 heteroatoms. The minimum absolute atomic E-state index is 0.382. The van der Waals surface area contributed by atoms with Crippen LogP contribution in [0, 0.1) is 5.82 Å². The number of hydrogen-bond donors (Lipinski definition) is 1. The van der Waals surface area contributed by atoms with Crippen molar-refractivity contribution in [3.63, 3.8) is 0 Å². The van der Waals surface area contributed by atoms with Gasteiger partial charge in [-0.25, -0.2) is 12.8 Å². The van der Waals surface area contributed by atoms with E-state index in [9.17, 15) is 12.8 Å². The van der Waals surface area contributed by atoms with Crippen molar-refractivity contribution in [2.75, 3.05) is 6.26 Å². The van der Waals surface area contributed by atoms with Crippen molar-refractivity contribution in [2.24, 2.45) is 5.73 Å². The summed E-state index contributed by atoms with van der Waals surface area (Å²) in [4.78, 5) is 3.62. The molecule has 0 fully saturated rings. The maximum Gasteiger partial charge on any atom is 0.151 e. The smallest absolute Gasteiger partial charge is 0.151 e. The first-order valence-electron chi connectivity index (χ1n) is 4.37. The lowest BCUT2D eigenvalue weighted by atomic mass is 10.1. The quantitative estimate of drug-likeness (QED) is 0.830. The predicted octanol–water partition coefficient (Wildman–Crippen LogP) is 0.654. The number of nitrogens with two attached hydrogens (primary N) is 1. The molecule has 0 aromatic carbocycles. The number of aromatic nitrogens is 1. The summed E-state index contributed by atoms with van der Waals surface area (Å²) < 4.78 is 35.3. The summed E-state index contributed by atoms with van der Waals surface area (Å²) in [5.74, 6) is -0.524. The Bertz CT molecular complexity index is 447. The number of sulfone groups is 1. The van der Waals surface area contributed by atoms with Gasteiger partial charge < -0.3 is 5.73 Å². The van der Waals surface area contributed by atoms with Gasteiger partial charge in [0.15, 0.2) is 9.84 Å². The van der Waals surface area contributed by atoms with Gasteiger partial charge in [0.05, 0.1) is 11.4 Å². The van der Waals surface area contributed by atoms with Crippen molar-refractivity contribution in [1.82, 2.24) is 4.98 Å². The van der Waals surface area contributed by atoms with Gasteiger partial charge in [-0.2, -0.15) is 0 Å². The van der Waals surface area contributed by atoms with Crippen LogP contribution >= 0.6 is 0 Å². The van der Waals surface area contributed by atoms with E-state index in [0.717, 1.165) is 12.5 Å². The highest BCUT2D eigenvalue weighted by Crippen LogP contribution is 2.18. The maximum atomic E-state index is 12.8. The van der Waals surface area contributed by atoms with Crippen molar-refractivity contribution in [3.05, 3.63) is 29.8 Å². The molecule has 0 amide bonds. The molecule has 0 saturated carbocycles. The average molecular weight is 232 g/mol. The van der Waals surface area contributed by atoms with Gasteiger partial charge in [-0.1, -0.05) is 0 Å². The van der Waals surface area contributed by atoms with E-state index in [2.05, 4.69) is 4.98 Å². The van der Waals surface area contributed by atoms with Crippen LogP contribution in [0.25, 0.3) is 0 Å². The first-order valence-corrected chi connectivity index (χ1v) is 6.32. The monoisotopic (exact) mass is 232 g/mol. The summed E-state index contributed by atoms with van der Waals surface area (Å²) in [7, 11) is -3.24. The largest absolute Gasteiger partial charge is 0.323 e. The van der Waals surface area contributed by atoms with Crippen molar-refractivity contribution < 1.29 is 12.8 Å². The molecule has 2 atom stereocenters. The van der Waals surface area contributed by atoms with E-state index in [1.165, 1.54) is 19.2 Å². The van der Waals surface area contributed by atoms with E-state index in [1.807, 2.05) is 0 Å². The van der Waals surface area contributed by atoms with E-state index in [-0.39, 0.29) is 0 Å². The summed E-state index contributed by atoms with van der Waals surface area (Å²) >= 11 is 0. The number of hydrogen-bond acceptors (Lipinski definition) is 4. The molecule has 1 aromatic rings. The molecule has 0 radical (unpaired) electrons. The van der Waals surface area contributed by atoms with E-state index in [4.69, 9.17) is 5.73 Å². The third kappa shape index (κ3) is 2.97. The molecule has 0 spiro atoms. The van der Waals surface area contributed by atoms with Crippen LogP contribution in [0.15, 0.2) is 18.5 Å². The van der Waals surface area contributed by atoms with Gasteiger partial charge in [0, 0.05) is 18.5 Å². The summed E-state index contributed by atoms with van der Waals surface area (Å²) in [6.45, 7) is 1.49. The Morgan fingerprint density at radius 3 is 2.53 bits per heavy atom. The fourth-order valence-electron chi connectivity index (χ4n) is 1.15. The highest BCUT2D eigenvalue weighted by Gasteiger charge is 2.24. The Morgan fingerprint density at radius 2 is 2.07 bits per heavy atom. The fourth-order valence-corrected chi connectivity index (χ4v) is 1.84. The molecule has 0 aliphatic rings. The molecule has 0 aliphatic heterocycles. The van der Waals surface area contributed by atoms with Crippen LogP contribution < -0.4 is 5.73 Å². The van der Waals surface area contributed by atoms with Crippen molar-refractivity contribution in [2.45, 2.75) is 18.2 Å². The minimum atomic E-state index is -3.24. The van der Waals surface area contributed by atoms with Crippen LogP contribution in [-0.4, -0.2) is 24.9 Å². The third-order valence-corrected chi connectivity index (χ3v) is 3.94. The van der Waals surface area contributed by atoms with Gasteiger partial charge in [0.25, 0.3) is 0 Å². The Kier molecular flexibility index (Phi) is 3.41. The number of nitrogens with zero attached hydrogens (tertiary/aromatic N) is 1. The molecule has 0 aliphatic carbocycles. The molecular formula is C9H13FN2O2S. The number of halogens is 1. The second-order valence-corrected chi connectivity index (χ2v) is 5.90. The molecule has 0 saturated heterocycles. The number of pyridine rings is 1. The average Bonchev–Trinajstić information content (AvgIpc) is 2.14. The second kappa shape index (κ2) is 4.24. The normalized spacial score (nSPS) is 16.0. The zero-order chi connectivity index (χ0) is 11.6. The lowest BCUT2D eigenvalue weighted by molar-refractivity contribution is 0.566. The molecule has 1 heterocycles. The zero-order valence-electron chi connectivity index (χ0n) is 8.51. The summed E-state index contributed by atoms with van der Waals surface area (Å²) in [6.07, 6.45) is 3.51. The lowest BCUT2D eigenvalue weighted by Gasteiger charge is -2.18. The predicted molar refractivity (Wildman–Crippen MR) is 55.4 cm³/mol. The van der Waals surface area contributed by atoms with Gasteiger partial charge in [0.2, 0.25) is 0 Å². The van der Waals surface area contributed by atoms with Crippen LogP contribution in [0.3, 0.4) is 0 Å². The molecule has 0 bridgehead atoms. The first kappa shape index (κ1) is 12.1. The van der Waals surface area contributed by atoms with Gasteiger partial charge >= 0.3 is 0 Å². The summed E-state index contributed by atoms with van der Waals surface area (Å²) in [5, 5.41) is -0.763.